The van der Waals surface area contributed by atoms with E-state index in [4.69, 9.17) is 11.6 Å². The molecule has 1 aromatic heterocycles. The van der Waals surface area contributed by atoms with Crippen LogP contribution >= 0.6 is 11.6 Å². The maximum Gasteiger partial charge on any atom is 0.253 e. The zero-order valence-corrected chi connectivity index (χ0v) is 16.8. The van der Waals surface area contributed by atoms with Crippen LogP contribution in [0.3, 0.4) is 0 Å². The fourth-order valence-corrected chi connectivity index (χ4v) is 4.66. The number of likely N-dealkylation sites (tertiary alicyclic amines) is 1. The SMILES string of the molecule is Cc1ccc(C(=O)N2CCC3(CC2)Nc2ccc(Cl)cc2-n2cccc23)cc1F. The second-order valence-corrected chi connectivity index (χ2v) is 8.32. The molecular weight excluding hydrogens is 389 g/mol. The van der Waals surface area contributed by atoms with Crippen LogP contribution < -0.4 is 5.32 Å². The first-order valence-corrected chi connectivity index (χ1v) is 10.2. The van der Waals surface area contributed by atoms with Gasteiger partial charge in [-0.1, -0.05) is 17.7 Å². The van der Waals surface area contributed by atoms with Crippen LogP contribution in [0.2, 0.25) is 5.02 Å². The van der Waals surface area contributed by atoms with E-state index in [9.17, 15) is 9.18 Å². The highest BCUT2D eigenvalue weighted by molar-refractivity contribution is 6.30. The zero-order valence-electron chi connectivity index (χ0n) is 16.1. The van der Waals surface area contributed by atoms with Crippen molar-refractivity contribution in [1.82, 2.24) is 9.47 Å². The quantitative estimate of drug-likeness (QED) is 0.604. The van der Waals surface area contributed by atoms with Gasteiger partial charge < -0.3 is 14.8 Å². The third kappa shape index (κ3) is 2.92. The topological polar surface area (TPSA) is 37.3 Å². The van der Waals surface area contributed by atoms with Crippen molar-refractivity contribution in [3.8, 4) is 5.69 Å². The number of hydrogen-bond acceptors (Lipinski definition) is 2. The first-order chi connectivity index (χ1) is 14.0. The van der Waals surface area contributed by atoms with Crippen LogP contribution in [0.1, 0.15) is 34.5 Å². The molecule has 3 heterocycles. The molecule has 1 amide bonds. The van der Waals surface area contributed by atoms with Crippen LogP contribution in [0.15, 0.2) is 54.7 Å². The molecule has 29 heavy (non-hydrogen) atoms. The zero-order chi connectivity index (χ0) is 20.2. The standard InChI is InChI=1S/C23H21ClFN3O/c1-15-4-5-16(13-18(15)25)22(29)27-11-8-23(9-12-27)21-3-2-10-28(21)20-14-17(24)6-7-19(20)26-23/h2-7,10,13-14,26H,8-9,11-12H2,1H3. The second-order valence-electron chi connectivity index (χ2n) is 7.89. The Kier molecular flexibility index (Phi) is 4.17. The normalized spacial score (nSPS) is 16.9. The summed E-state index contributed by atoms with van der Waals surface area (Å²) in [5, 5.41) is 4.42. The largest absolute Gasteiger partial charge is 0.372 e. The molecule has 1 fully saturated rings. The summed E-state index contributed by atoms with van der Waals surface area (Å²) in [5.74, 6) is -0.455. The minimum Gasteiger partial charge on any atom is -0.372 e. The molecular formula is C23H21ClFN3O. The summed E-state index contributed by atoms with van der Waals surface area (Å²) in [6.45, 7) is 2.91. The number of amides is 1. The van der Waals surface area contributed by atoms with E-state index in [2.05, 4.69) is 22.1 Å². The van der Waals surface area contributed by atoms with E-state index in [1.54, 1.807) is 19.1 Å². The Bertz CT molecular complexity index is 1120. The van der Waals surface area contributed by atoms with Crippen molar-refractivity contribution in [2.45, 2.75) is 25.3 Å². The van der Waals surface area contributed by atoms with Crippen molar-refractivity contribution < 1.29 is 9.18 Å². The van der Waals surface area contributed by atoms with Gasteiger partial charge in [0.05, 0.1) is 16.9 Å². The van der Waals surface area contributed by atoms with Crippen LogP contribution in [-0.2, 0) is 5.54 Å². The lowest BCUT2D eigenvalue weighted by molar-refractivity contribution is 0.0676. The number of fused-ring (bicyclic) bond motifs is 4. The van der Waals surface area contributed by atoms with Gasteiger partial charge in [-0.05, 0) is 67.8 Å². The molecule has 4 nitrogen and oxygen atoms in total. The number of rotatable bonds is 1. The van der Waals surface area contributed by atoms with E-state index in [0.717, 1.165) is 24.2 Å². The minimum absolute atomic E-state index is 0.114. The van der Waals surface area contributed by atoms with Gasteiger partial charge in [-0.15, -0.1) is 0 Å². The van der Waals surface area contributed by atoms with Crippen molar-refractivity contribution in [2.75, 3.05) is 18.4 Å². The predicted molar refractivity (Wildman–Crippen MR) is 112 cm³/mol. The van der Waals surface area contributed by atoms with Crippen LogP contribution in [0, 0.1) is 12.7 Å². The van der Waals surface area contributed by atoms with E-state index < -0.39 is 0 Å². The van der Waals surface area contributed by atoms with Gasteiger partial charge in [0.2, 0.25) is 0 Å². The van der Waals surface area contributed by atoms with Gasteiger partial charge in [-0.2, -0.15) is 0 Å². The summed E-state index contributed by atoms with van der Waals surface area (Å²) < 4.78 is 16.1. The number of carbonyl (C=O) groups excluding carboxylic acids is 1. The highest BCUT2D eigenvalue weighted by Gasteiger charge is 2.42. The number of hydrogen-bond donors (Lipinski definition) is 1. The lowest BCUT2D eigenvalue weighted by Gasteiger charge is -2.46. The Morgan fingerprint density at radius 3 is 2.69 bits per heavy atom. The summed E-state index contributed by atoms with van der Waals surface area (Å²) >= 11 is 6.21. The molecule has 1 N–H and O–H groups in total. The second kappa shape index (κ2) is 6.63. The van der Waals surface area contributed by atoms with Crippen molar-refractivity contribution in [3.63, 3.8) is 0 Å². The Hall–Kier alpha value is -2.79. The Balaban J connectivity index is 1.41. The van der Waals surface area contributed by atoms with Crippen molar-refractivity contribution in [3.05, 3.63) is 82.4 Å². The van der Waals surface area contributed by atoms with Crippen LogP contribution in [-0.4, -0.2) is 28.5 Å². The highest BCUT2D eigenvalue weighted by Crippen LogP contribution is 2.44. The van der Waals surface area contributed by atoms with Gasteiger partial charge in [0.1, 0.15) is 5.82 Å². The number of nitrogens with one attached hydrogen (secondary N) is 1. The third-order valence-electron chi connectivity index (χ3n) is 6.16. The molecule has 0 bridgehead atoms. The first-order valence-electron chi connectivity index (χ1n) is 9.78. The molecule has 0 saturated carbocycles. The molecule has 5 rings (SSSR count). The van der Waals surface area contributed by atoms with E-state index in [0.29, 0.717) is 29.2 Å². The minimum atomic E-state index is -0.341. The van der Waals surface area contributed by atoms with Gasteiger partial charge in [0.15, 0.2) is 0 Å². The Morgan fingerprint density at radius 1 is 1.14 bits per heavy atom. The Morgan fingerprint density at radius 2 is 1.93 bits per heavy atom. The van der Waals surface area contributed by atoms with Crippen LogP contribution in [0.4, 0.5) is 10.1 Å². The molecule has 2 aliphatic rings. The van der Waals surface area contributed by atoms with E-state index in [1.165, 1.54) is 11.8 Å². The molecule has 1 spiro atoms. The molecule has 0 radical (unpaired) electrons. The predicted octanol–water partition coefficient (Wildman–Crippen LogP) is 5.14. The average molecular weight is 410 g/mol. The molecule has 6 heteroatoms. The number of anilines is 1. The lowest BCUT2D eigenvalue weighted by Crippen LogP contribution is -2.51. The van der Waals surface area contributed by atoms with Crippen molar-refractivity contribution in [2.24, 2.45) is 0 Å². The maximum atomic E-state index is 13.9. The van der Waals surface area contributed by atoms with Crippen molar-refractivity contribution >= 4 is 23.2 Å². The Labute approximate surface area is 173 Å². The number of nitrogens with zero attached hydrogens (tertiary/aromatic N) is 2. The number of aromatic nitrogens is 1. The van der Waals surface area contributed by atoms with E-state index >= 15 is 0 Å². The van der Waals surface area contributed by atoms with Gasteiger partial charge in [-0.25, -0.2) is 4.39 Å². The molecule has 0 atom stereocenters. The monoisotopic (exact) mass is 409 g/mol. The number of piperidine rings is 1. The third-order valence-corrected chi connectivity index (χ3v) is 6.39. The van der Waals surface area contributed by atoms with Crippen molar-refractivity contribution in [1.29, 1.82) is 0 Å². The fraction of sp³-hybridized carbons (Fsp3) is 0.261. The van der Waals surface area contributed by atoms with Crippen LogP contribution in [0.5, 0.6) is 0 Å². The first kappa shape index (κ1) is 18.3. The number of aryl methyl sites for hydroxylation is 1. The number of benzene rings is 2. The van der Waals surface area contributed by atoms with E-state index in [-0.39, 0.29) is 17.3 Å². The summed E-state index contributed by atoms with van der Waals surface area (Å²) in [6.07, 6.45) is 3.61. The van der Waals surface area contributed by atoms with Gasteiger partial charge in [0.25, 0.3) is 5.91 Å². The molecule has 0 unspecified atom stereocenters. The highest BCUT2D eigenvalue weighted by atomic mass is 35.5. The average Bonchev–Trinajstić information content (AvgIpc) is 3.22. The molecule has 3 aromatic rings. The van der Waals surface area contributed by atoms with Gasteiger partial charge >= 0.3 is 0 Å². The van der Waals surface area contributed by atoms with Crippen LogP contribution in [0.25, 0.3) is 5.69 Å². The summed E-state index contributed by atoms with van der Waals surface area (Å²) in [6, 6.07) is 14.7. The van der Waals surface area contributed by atoms with E-state index in [1.807, 2.05) is 29.2 Å². The van der Waals surface area contributed by atoms with Gasteiger partial charge in [0, 0.05) is 35.6 Å². The lowest BCUT2D eigenvalue weighted by atomic mass is 9.82. The van der Waals surface area contributed by atoms with Gasteiger partial charge in [-0.3, -0.25) is 4.79 Å². The molecule has 0 aliphatic carbocycles. The number of halogens is 2. The molecule has 148 valence electrons. The number of carbonyl (C=O) groups is 1. The smallest absolute Gasteiger partial charge is 0.253 e. The summed E-state index contributed by atoms with van der Waals surface area (Å²) in [5.41, 5.74) is 3.98. The summed E-state index contributed by atoms with van der Waals surface area (Å²) in [7, 11) is 0. The summed E-state index contributed by atoms with van der Waals surface area (Å²) in [4.78, 5) is 14.7. The maximum absolute atomic E-state index is 13.9. The fourth-order valence-electron chi connectivity index (χ4n) is 4.49. The molecule has 1 saturated heterocycles. The molecule has 2 aliphatic heterocycles. The molecule has 2 aromatic carbocycles.